The van der Waals surface area contributed by atoms with Gasteiger partial charge in [0.15, 0.2) is 0 Å². The first kappa shape index (κ1) is 16.7. The number of benzene rings is 1. The van der Waals surface area contributed by atoms with Crippen LogP contribution in [0.25, 0.3) is 0 Å². The van der Waals surface area contributed by atoms with E-state index in [2.05, 4.69) is 61.3 Å². The predicted molar refractivity (Wildman–Crippen MR) is 84.3 cm³/mol. The Morgan fingerprint density at radius 3 is 2.30 bits per heavy atom. The third-order valence-corrected chi connectivity index (χ3v) is 3.62. The smallest absolute Gasteiger partial charge is 0.121 e. The van der Waals surface area contributed by atoms with Crippen LogP contribution in [-0.2, 0) is 6.54 Å². The summed E-state index contributed by atoms with van der Waals surface area (Å²) in [6.07, 6.45) is 2.26. The Balaban J connectivity index is 2.62. The summed E-state index contributed by atoms with van der Waals surface area (Å²) in [4.78, 5) is 2.39. The van der Waals surface area contributed by atoms with Crippen LogP contribution in [0.4, 0.5) is 0 Å². The van der Waals surface area contributed by atoms with E-state index in [1.54, 1.807) is 0 Å². The number of unbranched alkanes of at least 4 members (excludes halogenated alkanes) is 1. The van der Waals surface area contributed by atoms with Crippen molar-refractivity contribution in [3.8, 4) is 6.07 Å². The molecule has 1 atom stereocenters. The molecule has 0 spiro atoms. The van der Waals surface area contributed by atoms with Crippen LogP contribution in [0.15, 0.2) is 24.3 Å². The number of hydrogen-bond acceptors (Lipinski definition) is 3. The van der Waals surface area contributed by atoms with Crippen molar-refractivity contribution in [3.05, 3.63) is 35.4 Å². The minimum Gasteiger partial charge on any atom is -0.300 e. The fourth-order valence-corrected chi connectivity index (χ4v) is 2.18. The standard InChI is InChI=1S/C17H27N3/c1-4-7-12-19-17(13-18)16-10-8-15(9-11-16)14-20(5-2)6-3/h8-11,17,19H,4-7,12,14H2,1-3H3. The second-order valence-electron chi connectivity index (χ2n) is 5.07. The number of hydrogen-bond donors (Lipinski definition) is 1. The van der Waals surface area contributed by atoms with Gasteiger partial charge in [0.1, 0.15) is 6.04 Å². The van der Waals surface area contributed by atoms with E-state index >= 15 is 0 Å². The van der Waals surface area contributed by atoms with Crippen molar-refractivity contribution in [1.82, 2.24) is 10.2 Å². The molecule has 110 valence electrons. The molecule has 0 heterocycles. The lowest BCUT2D eigenvalue weighted by molar-refractivity contribution is 0.296. The van der Waals surface area contributed by atoms with Crippen molar-refractivity contribution < 1.29 is 0 Å². The lowest BCUT2D eigenvalue weighted by Crippen LogP contribution is -2.22. The number of nitrogens with zero attached hydrogens (tertiary/aromatic N) is 2. The molecule has 1 unspecified atom stereocenters. The van der Waals surface area contributed by atoms with Crippen LogP contribution in [0.5, 0.6) is 0 Å². The van der Waals surface area contributed by atoms with E-state index in [0.29, 0.717) is 0 Å². The largest absolute Gasteiger partial charge is 0.300 e. The Bertz CT molecular complexity index is 401. The Morgan fingerprint density at radius 2 is 1.80 bits per heavy atom. The van der Waals surface area contributed by atoms with Crippen LogP contribution in [0, 0.1) is 11.3 Å². The third-order valence-electron chi connectivity index (χ3n) is 3.62. The molecular weight excluding hydrogens is 246 g/mol. The summed E-state index contributed by atoms with van der Waals surface area (Å²) < 4.78 is 0. The van der Waals surface area contributed by atoms with Gasteiger partial charge in [0, 0.05) is 6.54 Å². The molecule has 1 aromatic rings. The van der Waals surface area contributed by atoms with Gasteiger partial charge in [0.05, 0.1) is 6.07 Å². The van der Waals surface area contributed by atoms with Crippen LogP contribution in [-0.4, -0.2) is 24.5 Å². The molecule has 0 aliphatic rings. The van der Waals surface area contributed by atoms with Crippen LogP contribution >= 0.6 is 0 Å². The summed E-state index contributed by atoms with van der Waals surface area (Å²) in [7, 11) is 0. The van der Waals surface area contributed by atoms with E-state index in [-0.39, 0.29) is 6.04 Å². The van der Waals surface area contributed by atoms with Gasteiger partial charge in [-0.3, -0.25) is 10.2 Å². The summed E-state index contributed by atoms with van der Waals surface area (Å²) in [6.45, 7) is 10.5. The summed E-state index contributed by atoms with van der Waals surface area (Å²) in [5.41, 5.74) is 2.37. The third kappa shape index (κ3) is 5.32. The maximum atomic E-state index is 9.25. The lowest BCUT2D eigenvalue weighted by atomic mass is 10.1. The van der Waals surface area contributed by atoms with Crippen molar-refractivity contribution >= 4 is 0 Å². The van der Waals surface area contributed by atoms with Gasteiger partial charge in [-0.25, -0.2) is 0 Å². The fourth-order valence-electron chi connectivity index (χ4n) is 2.18. The minimum absolute atomic E-state index is 0.191. The molecule has 0 radical (unpaired) electrons. The first-order valence-corrected chi connectivity index (χ1v) is 7.69. The van der Waals surface area contributed by atoms with Gasteiger partial charge in [-0.15, -0.1) is 0 Å². The molecule has 0 amide bonds. The van der Waals surface area contributed by atoms with Gasteiger partial charge >= 0.3 is 0 Å². The Labute approximate surface area is 123 Å². The molecule has 0 saturated carbocycles. The normalized spacial score (nSPS) is 12.3. The van der Waals surface area contributed by atoms with E-state index in [1.165, 1.54) is 5.56 Å². The summed E-state index contributed by atoms with van der Waals surface area (Å²) in [5.74, 6) is 0. The van der Waals surface area contributed by atoms with E-state index < -0.39 is 0 Å². The average Bonchev–Trinajstić information content (AvgIpc) is 2.50. The lowest BCUT2D eigenvalue weighted by Gasteiger charge is -2.18. The van der Waals surface area contributed by atoms with Crippen molar-refractivity contribution in [2.24, 2.45) is 0 Å². The first-order chi connectivity index (χ1) is 9.74. The molecule has 0 bridgehead atoms. The molecule has 1 N–H and O–H groups in total. The highest BCUT2D eigenvalue weighted by Crippen LogP contribution is 2.14. The van der Waals surface area contributed by atoms with E-state index in [9.17, 15) is 5.26 Å². The van der Waals surface area contributed by atoms with Gasteiger partial charge in [0.25, 0.3) is 0 Å². The zero-order valence-corrected chi connectivity index (χ0v) is 13.0. The predicted octanol–water partition coefficient (Wildman–Crippen LogP) is 3.48. The zero-order chi connectivity index (χ0) is 14.8. The van der Waals surface area contributed by atoms with Gasteiger partial charge in [-0.05, 0) is 37.2 Å². The van der Waals surface area contributed by atoms with Crippen molar-refractivity contribution in [2.75, 3.05) is 19.6 Å². The highest BCUT2D eigenvalue weighted by molar-refractivity contribution is 5.28. The Morgan fingerprint density at radius 1 is 1.15 bits per heavy atom. The van der Waals surface area contributed by atoms with Gasteiger partial charge in [-0.2, -0.15) is 5.26 Å². The van der Waals surface area contributed by atoms with Gasteiger partial charge < -0.3 is 0 Å². The highest BCUT2D eigenvalue weighted by Gasteiger charge is 2.09. The van der Waals surface area contributed by atoms with Crippen LogP contribution in [0.1, 0.15) is 50.8 Å². The number of nitriles is 1. The molecule has 3 heteroatoms. The monoisotopic (exact) mass is 273 g/mol. The quantitative estimate of drug-likeness (QED) is 0.700. The maximum Gasteiger partial charge on any atom is 0.121 e. The van der Waals surface area contributed by atoms with E-state index in [1.807, 2.05) is 0 Å². The second-order valence-corrected chi connectivity index (χ2v) is 5.07. The molecule has 1 aromatic carbocycles. The summed E-state index contributed by atoms with van der Waals surface area (Å²) in [6, 6.07) is 10.6. The molecule has 20 heavy (non-hydrogen) atoms. The number of nitrogens with one attached hydrogen (secondary N) is 1. The van der Waals surface area contributed by atoms with E-state index in [0.717, 1.165) is 44.6 Å². The summed E-state index contributed by atoms with van der Waals surface area (Å²) in [5, 5.41) is 12.5. The molecule has 0 aliphatic heterocycles. The molecule has 0 saturated heterocycles. The van der Waals surface area contributed by atoms with Crippen molar-refractivity contribution in [3.63, 3.8) is 0 Å². The van der Waals surface area contributed by atoms with Crippen molar-refractivity contribution in [1.29, 1.82) is 5.26 Å². The van der Waals surface area contributed by atoms with Crippen LogP contribution in [0.3, 0.4) is 0 Å². The van der Waals surface area contributed by atoms with E-state index in [4.69, 9.17) is 0 Å². The Kier molecular flexibility index (Phi) is 7.94. The summed E-state index contributed by atoms with van der Waals surface area (Å²) >= 11 is 0. The highest BCUT2D eigenvalue weighted by atomic mass is 15.1. The maximum absolute atomic E-state index is 9.25. The second kappa shape index (κ2) is 9.52. The molecule has 1 rings (SSSR count). The first-order valence-electron chi connectivity index (χ1n) is 7.69. The molecule has 0 aromatic heterocycles. The molecule has 3 nitrogen and oxygen atoms in total. The van der Waals surface area contributed by atoms with Gasteiger partial charge in [0.2, 0.25) is 0 Å². The van der Waals surface area contributed by atoms with Crippen LogP contribution < -0.4 is 5.32 Å². The molecular formula is C17H27N3. The Hall–Kier alpha value is -1.37. The molecule has 0 aliphatic carbocycles. The topological polar surface area (TPSA) is 39.1 Å². The molecule has 0 fully saturated rings. The van der Waals surface area contributed by atoms with Gasteiger partial charge in [-0.1, -0.05) is 51.5 Å². The SMILES string of the molecule is CCCCNC(C#N)c1ccc(CN(CC)CC)cc1. The minimum atomic E-state index is -0.191. The fraction of sp³-hybridized carbons (Fsp3) is 0.588. The zero-order valence-electron chi connectivity index (χ0n) is 13.0. The average molecular weight is 273 g/mol. The van der Waals surface area contributed by atoms with Crippen molar-refractivity contribution in [2.45, 2.75) is 46.2 Å². The number of rotatable bonds is 9. The van der Waals surface area contributed by atoms with Crippen LogP contribution in [0.2, 0.25) is 0 Å².